The van der Waals surface area contributed by atoms with Gasteiger partial charge in [-0.25, -0.2) is 4.39 Å². The highest BCUT2D eigenvalue weighted by atomic mass is 35.5. The SMILES string of the molecule is CCCCCN(C)C(CN)c1ccc(F)cc1Cl. The number of likely N-dealkylation sites (N-methyl/N-ethyl adjacent to an activating group) is 1. The van der Waals surface area contributed by atoms with Crippen molar-refractivity contribution in [3.63, 3.8) is 0 Å². The number of rotatable bonds is 7. The van der Waals surface area contributed by atoms with Crippen molar-refractivity contribution < 1.29 is 4.39 Å². The summed E-state index contributed by atoms with van der Waals surface area (Å²) in [4.78, 5) is 2.19. The van der Waals surface area contributed by atoms with E-state index in [2.05, 4.69) is 11.8 Å². The van der Waals surface area contributed by atoms with Gasteiger partial charge in [0.2, 0.25) is 0 Å². The first-order chi connectivity index (χ1) is 8.60. The molecule has 1 aromatic rings. The highest BCUT2D eigenvalue weighted by molar-refractivity contribution is 6.31. The molecule has 18 heavy (non-hydrogen) atoms. The quantitative estimate of drug-likeness (QED) is 0.769. The summed E-state index contributed by atoms with van der Waals surface area (Å²) in [6.45, 7) is 3.63. The third-order valence-corrected chi connectivity index (χ3v) is 3.52. The van der Waals surface area contributed by atoms with Gasteiger partial charge in [0.1, 0.15) is 5.82 Å². The topological polar surface area (TPSA) is 29.3 Å². The molecule has 2 nitrogen and oxygen atoms in total. The van der Waals surface area contributed by atoms with Crippen LogP contribution >= 0.6 is 11.6 Å². The zero-order chi connectivity index (χ0) is 13.5. The van der Waals surface area contributed by atoms with Gasteiger partial charge in [0, 0.05) is 17.6 Å². The fourth-order valence-corrected chi connectivity index (χ4v) is 2.38. The van der Waals surface area contributed by atoms with E-state index in [4.69, 9.17) is 17.3 Å². The van der Waals surface area contributed by atoms with Gasteiger partial charge in [0.15, 0.2) is 0 Å². The maximum Gasteiger partial charge on any atom is 0.124 e. The van der Waals surface area contributed by atoms with Gasteiger partial charge in [0.25, 0.3) is 0 Å². The summed E-state index contributed by atoms with van der Waals surface area (Å²) in [5.74, 6) is -0.312. The first-order valence-corrected chi connectivity index (χ1v) is 6.83. The van der Waals surface area contributed by atoms with Crippen LogP contribution in [-0.2, 0) is 0 Å². The lowest BCUT2D eigenvalue weighted by molar-refractivity contribution is 0.245. The summed E-state index contributed by atoms with van der Waals surface area (Å²) in [6.07, 6.45) is 3.54. The zero-order valence-electron chi connectivity index (χ0n) is 11.1. The monoisotopic (exact) mass is 272 g/mol. The average molecular weight is 273 g/mol. The van der Waals surface area contributed by atoms with Gasteiger partial charge in [-0.05, 0) is 37.7 Å². The lowest BCUT2D eigenvalue weighted by Gasteiger charge is -2.28. The van der Waals surface area contributed by atoms with Crippen molar-refractivity contribution in [3.8, 4) is 0 Å². The van der Waals surface area contributed by atoms with E-state index in [1.165, 1.54) is 25.0 Å². The van der Waals surface area contributed by atoms with E-state index in [-0.39, 0.29) is 11.9 Å². The summed E-state index contributed by atoms with van der Waals surface area (Å²) in [5.41, 5.74) is 6.73. The number of unbranched alkanes of at least 4 members (excludes halogenated alkanes) is 2. The fraction of sp³-hybridized carbons (Fsp3) is 0.571. The van der Waals surface area contributed by atoms with Gasteiger partial charge in [-0.3, -0.25) is 4.90 Å². The van der Waals surface area contributed by atoms with Gasteiger partial charge in [-0.15, -0.1) is 0 Å². The number of nitrogens with two attached hydrogens (primary N) is 1. The molecule has 4 heteroatoms. The Morgan fingerprint density at radius 2 is 2.11 bits per heavy atom. The molecule has 2 N–H and O–H groups in total. The fourth-order valence-electron chi connectivity index (χ4n) is 2.08. The van der Waals surface area contributed by atoms with E-state index in [0.717, 1.165) is 18.5 Å². The van der Waals surface area contributed by atoms with E-state index in [1.807, 2.05) is 7.05 Å². The highest BCUT2D eigenvalue weighted by Crippen LogP contribution is 2.27. The molecule has 102 valence electrons. The Kier molecular flexibility index (Phi) is 6.61. The first kappa shape index (κ1) is 15.4. The van der Waals surface area contributed by atoms with Crippen LogP contribution in [0, 0.1) is 5.82 Å². The second-order valence-corrected chi connectivity index (χ2v) is 5.01. The van der Waals surface area contributed by atoms with Crippen LogP contribution in [-0.4, -0.2) is 25.0 Å². The third-order valence-electron chi connectivity index (χ3n) is 3.19. The molecule has 0 bridgehead atoms. The lowest BCUT2D eigenvalue weighted by atomic mass is 10.0. The number of benzene rings is 1. The summed E-state index contributed by atoms with van der Waals surface area (Å²) in [5, 5.41) is 0.452. The van der Waals surface area contributed by atoms with Gasteiger partial charge >= 0.3 is 0 Å². The molecule has 0 saturated carbocycles. The normalized spacial score (nSPS) is 13.0. The molecule has 0 radical (unpaired) electrons. The largest absolute Gasteiger partial charge is 0.329 e. The molecular weight excluding hydrogens is 251 g/mol. The van der Waals surface area contributed by atoms with Crippen LogP contribution in [0.5, 0.6) is 0 Å². The van der Waals surface area contributed by atoms with Gasteiger partial charge < -0.3 is 5.73 Å². The molecule has 0 amide bonds. The maximum absolute atomic E-state index is 13.0. The van der Waals surface area contributed by atoms with Crippen LogP contribution in [0.15, 0.2) is 18.2 Å². The molecule has 0 heterocycles. The Bertz CT molecular complexity index is 371. The first-order valence-electron chi connectivity index (χ1n) is 6.45. The molecule has 1 atom stereocenters. The molecule has 0 aromatic heterocycles. The molecule has 0 spiro atoms. The van der Waals surface area contributed by atoms with Gasteiger partial charge in [-0.2, -0.15) is 0 Å². The van der Waals surface area contributed by atoms with Crippen molar-refractivity contribution in [2.75, 3.05) is 20.1 Å². The Morgan fingerprint density at radius 1 is 1.39 bits per heavy atom. The van der Waals surface area contributed by atoms with E-state index in [1.54, 1.807) is 6.07 Å². The lowest BCUT2D eigenvalue weighted by Crippen LogP contribution is -2.31. The van der Waals surface area contributed by atoms with Crippen molar-refractivity contribution in [2.45, 2.75) is 32.2 Å². The van der Waals surface area contributed by atoms with Crippen LogP contribution in [0.4, 0.5) is 4.39 Å². The predicted octanol–water partition coefficient (Wildman–Crippen LogP) is 3.60. The minimum absolute atomic E-state index is 0.0509. The number of halogens is 2. The van der Waals surface area contributed by atoms with Crippen LogP contribution < -0.4 is 5.73 Å². The summed E-state index contributed by atoms with van der Waals surface area (Å²) >= 11 is 6.09. The van der Waals surface area contributed by atoms with E-state index < -0.39 is 0 Å². The van der Waals surface area contributed by atoms with Crippen LogP contribution in [0.3, 0.4) is 0 Å². The van der Waals surface area contributed by atoms with E-state index >= 15 is 0 Å². The van der Waals surface area contributed by atoms with E-state index in [0.29, 0.717) is 11.6 Å². The zero-order valence-corrected chi connectivity index (χ0v) is 11.9. The maximum atomic E-state index is 13.0. The molecule has 0 aliphatic carbocycles. The van der Waals surface area contributed by atoms with Crippen molar-refractivity contribution >= 4 is 11.6 Å². The molecule has 0 fully saturated rings. The highest BCUT2D eigenvalue weighted by Gasteiger charge is 2.18. The van der Waals surface area contributed by atoms with Crippen LogP contribution in [0.1, 0.15) is 37.8 Å². The minimum atomic E-state index is -0.312. The van der Waals surface area contributed by atoms with Crippen molar-refractivity contribution in [1.82, 2.24) is 4.90 Å². The second kappa shape index (κ2) is 7.72. The average Bonchev–Trinajstić information content (AvgIpc) is 2.33. The number of hydrogen-bond donors (Lipinski definition) is 1. The second-order valence-electron chi connectivity index (χ2n) is 4.61. The number of nitrogens with zero attached hydrogens (tertiary/aromatic N) is 1. The Morgan fingerprint density at radius 3 is 2.67 bits per heavy atom. The van der Waals surface area contributed by atoms with Crippen LogP contribution in [0.2, 0.25) is 5.02 Å². The summed E-state index contributed by atoms with van der Waals surface area (Å²) < 4.78 is 13.0. The molecule has 0 aliphatic rings. The van der Waals surface area contributed by atoms with Gasteiger partial charge in [-0.1, -0.05) is 37.4 Å². The van der Waals surface area contributed by atoms with Crippen molar-refractivity contribution in [2.24, 2.45) is 5.73 Å². The predicted molar refractivity (Wildman–Crippen MR) is 75.4 cm³/mol. The third kappa shape index (κ3) is 4.23. The van der Waals surface area contributed by atoms with Crippen molar-refractivity contribution in [1.29, 1.82) is 0 Å². The summed E-state index contributed by atoms with van der Waals surface area (Å²) in [7, 11) is 2.03. The van der Waals surface area contributed by atoms with Gasteiger partial charge in [0.05, 0.1) is 0 Å². The van der Waals surface area contributed by atoms with Crippen LogP contribution in [0.25, 0.3) is 0 Å². The smallest absolute Gasteiger partial charge is 0.124 e. The molecule has 1 unspecified atom stereocenters. The number of hydrogen-bond acceptors (Lipinski definition) is 2. The molecule has 1 rings (SSSR count). The molecule has 0 saturated heterocycles. The standard InChI is InChI=1S/C14H22ClFN2/c1-3-4-5-8-18(2)14(10-17)12-7-6-11(16)9-13(12)15/h6-7,9,14H,3-5,8,10,17H2,1-2H3. The Balaban J connectivity index is 2.75. The molecular formula is C14H22ClFN2. The van der Waals surface area contributed by atoms with Crippen molar-refractivity contribution in [3.05, 3.63) is 34.6 Å². The molecule has 0 aliphatic heterocycles. The Hall–Kier alpha value is -0.640. The molecule has 1 aromatic carbocycles. The summed E-state index contributed by atoms with van der Waals surface area (Å²) in [6, 6.07) is 4.56. The Labute approximate surface area is 114 Å². The minimum Gasteiger partial charge on any atom is -0.329 e. The van der Waals surface area contributed by atoms with E-state index in [9.17, 15) is 4.39 Å².